The van der Waals surface area contributed by atoms with Crippen LogP contribution in [0.25, 0.3) is 10.9 Å². The highest BCUT2D eigenvalue weighted by atomic mass is 16.5. The van der Waals surface area contributed by atoms with Crippen LogP contribution in [-0.2, 0) is 11.3 Å². The van der Waals surface area contributed by atoms with Gasteiger partial charge in [0.25, 0.3) is 5.56 Å². The molecule has 1 N–H and O–H groups in total. The highest BCUT2D eigenvalue weighted by Crippen LogP contribution is 2.35. The first-order chi connectivity index (χ1) is 19.6. The first-order valence-corrected chi connectivity index (χ1v) is 14.6. The normalized spacial score (nSPS) is 18.6. The molecule has 4 aromatic rings. The van der Waals surface area contributed by atoms with Gasteiger partial charge in [-0.1, -0.05) is 37.1 Å². The van der Waals surface area contributed by atoms with Gasteiger partial charge in [-0.2, -0.15) is 0 Å². The standard InChI is InChI=1S/C31H38N6O3/c1-3-39-25-14-11-22(12-15-25)19-36(20-26-9-6-16-40-26)29(30-33-34-35-37(30)24-7-4-5-8-24)27-18-23-13-10-21(2)17-28(23)32-31(27)38/h10-15,17-18,24,26,29H,3-9,16,19-20H2,1-2H3,(H,32,38)/t26-,29-/m1/s1. The molecule has 2 aromatic carbocycles. The van der Waals surface area contributed by atoms with Crippen LogP contribution < -0.4 is 10.3 Å². The Bertz CT molecular complexity index is 1490. The monoisotopic (exact) mass is 542 g/mol. The fraction of sp³-hybridized carbons (Fsp3) is 0.484. The second-order valence-corrected chi connectivity index (χ2v) is 11.1. The van der Waals surface area contributed by atoms with Gasteiger partial charge in [0.2, 0.25) is 0 Å². The third-order valence-corrected chi connectivity index (χ3v) is 8.21. The van der Waals surface area contributed by atoms with E-state index in [1.165, 1.54) is 0 Å². The molecule has 2 fully saturated rings. The van der Waals surface area contributed by atoms with Crippen LogP contribution in [0, 0.1) is 6.92 Å². The summed E-state index contributed by atoms with van der Waals surface area (Å²) in [4.78, 5) is 19.3. The Morgan fingerprint density at radius 3 is 2.67 bits per heavy atom. The minimum atomic E-state index is -0.444. The molecule has 2 aromatic heterocycles. The maximum atomic E-state index is 13.8. The molecule has 0 amide bonds. The number of aromatic amines is 1. The number of aryl methyl sites for hydroxylation is 1. The summed E-state index contributed by atoms with van der Waals surface area (Å²) in [5, 5.41) is 14.2. The van der Waals surface area contributed by atoms with Crippen LogP contribution in [0.2, 0.25) is 0 Å². The lowest BCUT2D eigenvalue weighted by atomic mass is 10.0. The summed E-state index contributed by atoms with van der Waals surface area (Å²) in [6.07, 6.45) is 6.54. The van der Waals surface area contributed by atoms with E-state index in [0.717, 1.165) is 72.9 Å². The van der Waals surface area contributed by atoms with Gasteiger partial charge in [0.05, 0.1) is 18.8 Å². The Kier molecular flexibility index (Phi) is 7.93. The van der Waals surface area contributed by atoms with E-state index in [-0.39, 0.29) is 17.7 Å². The predicted molar refractivity (Wildman–Crippen MR) is 153 cm³/mol. The van der Waals surface area contributed by atoms with Crippen molar-refractivity contribution in [2.75, 3.05) is 19.8 Å². The molecule has 9 nitrogen and oxygen atoms in total. The lowest BCUT2D eigenvalue weighted by molar-refractivity contribution is 0.0569. The van der Waals surface area contributed by atoms with Crippen molar-refractivity contribution in [2.24, 2.45) is 0 Å². The third kappa shape index (κ3) is 5.67. The van der Waals surface area contributed by atoms with E-state index < -0.39 is 6.04 Å². The molecule has 0 radical (unpaired) electrons. The van der Waals surface area contributed by atoms with E-state index in [2.05, 4.69) is 49.7 Å². The molecule has 2 atom stereocenters. The lowest BCUT2D eigenvalue weighted by Gasteiger charge is -2.33. The molecule has 0 unspecified atom stereocenters. The summed E-state index contributed by atoms with van der Waals surface area (Å²) < 4.78 is 13.8. The van der Waals surface area contributed by atoms with Crippen LogP contribution in [0.4, 0.5) is 0 Å². The molecule has 6 rings (SSSR count). The number of nitrogens with zero attached hydrogens (tertiary/aromatic N) is 5. The van der Waals surface area contributed by atoms with Crippen molar-refractivity contribution in [1.29, 1.82) is 0 Å². The van der Waals surface area contributed by atoms with E-state index >= 15 is 0 Å². The van der Waals surface area contributed by atoms with E-state index in [9.17, 15) is 4.79 Å². The van der Waals surface area contributed by atoms with Crippen LogP contribution in [0.1, 0.15) is 80.0 Å². The molecule has 1 aliphatic heterocycles. The minimum Gasteiger partial charge on any atom is -0.494 e. The summed E-state index contributed by atoms with van der Waals surface area (Å²) in [6.45, 7) is 6.69. The van der Waals surface area contributed by atoms with Gasteiger partial charge in [-0.3, -0.25) is 9.69 Å². The molecule has 0 bridgehead atoms. The topological polar surface area (TPSA) is 98.2 Å². The molecule has 1 saturated heterocycles. The van der Waals surface area contributed by atoms with Crippen LogP contribution in [0.15, 0.2) is 53.3 Å². The van der Waals surface area contributed by atoms with Crippen molar-refractivity contribution < 1.29 is 9.47 Å². The number of rotatable bonds is 10. The molecule has 9 heteroatoms. The summed E-state index contributed by atoms with van der Waals surface area (Å²) in [6, 6.07) is 16.2. The fourth-order valence-corrected chi connectivity index (χ4v) is 6.23. The number of nitrogens with one attached hydrogen (secondary N) is 1. The van der Waals surface area contributed by atoms with Crippen molar-refractivity contribution in [2.45, 2.75) is 77.1 Å². The predicted octanol–water partition coefficient (Wildman–Crippen LogP) is 5.11. The molecular formula is C31H38N6O3. The molecule has 0 spiro atoms. The summed E-state index contributed by atoms with van der Waals surface area (Å²) in [5.74, 6) is 1.56. The highest BCUT2D eigenvalue weighted by molar-refractivity contribution is 5.79. The zero-order valence-electron chi connectivity index (χ0n) is 23.4. The summed E-state index contributed by atoms with van der Waals surface area (Å²) in [7, 11) is 0. The Morgan fingerprint density at radius 2 is 1.93 bits per heavy atom. The average Bonchev–Trinajstić information content (AvgIpc) is 3.74. The molecule has 1 aliphatic carbocycles. The fourth-order valence-electron chi connectivity index (χ4n) is 6.23. The van der Waals surface area contributed by atoms with E-state index in [4.69, 9.17) is 9.47 Å². The van der Waals surface area contributed by atoms with Crippen molar-refractivity contribution in [3.8, 4) is 5.75 Å². The Labute approximate surface area is 234 Å². The Hall–Kier alpha value is -3.56. The van der Waals surface area contributed by atoms with Crippen LogP contribution in [0.3, 0.4) is 0 Å². The highest BCUT2D eigenvalue weighted by Gasteiger charge is 2.35. The van der Waals surface area contributed by atoms with Gasteiger partial charge in [0.1, 0.15) is 11.8 Å². The van der Waals surface area contributed by atoms with Crippen molar-refractivity contribution >= 4 is 10.9 Å². The number of tetrazole rings is 1. The van der Waals surface area contributed by atoms with Crippen LogP contribution >= 0.6 is 0 Å². The number of benzene rings is 2. The van der Waals surface area contributed by atoms with E-state index in [0.29, 0.717) is 31.1 Å². The first-order valence-electron chi connectivity index (χ1n) is 14.6. The number of ether oxygens (including phenoxy) is 2. The number of fused-ring (bicyclic) bond motifs is 1. The summed E-state index contributed by atoms with van der Waals surface area (Å²) in [5.41, 5.74) is 3.59. The van der Waals surface area contributed by atoms with E-state index in [1.807, 2.05) is 42.8 Å². The lowest BCUT2D eigenvalue weighted by Crippen LogP contribution is -2.39. The molecular weight excluding hydrogens is 504 g/mol. The number of hydrogen-bond acceptors (Lipinski definition) is 7. The molecule has 3 heterocycles. The molecule has 40 heavy (non-hydrogen) atoms. The molecule has 1 saturated carbocycles. The van der Waals surface area contributed by atoms with Crippen molar-refractivity contribution in [3.05, 3.63) is 81.4 Å². The van der Waals surface area contributed by atoms with Gasteiger partial charge in [0.15, 0.2) is 5.82 Å². The second kappa shape index (κ2) is 11.9. The molecule has 210 valence electrons. The third-order valence-electron chi connectivity index (χ3n) is 8.21. The van der Waals surface area contributed by atoms with Gasteiger partial charge in [-0.25, -0.2) is 4.68 Å². The van der Waals surface area contributed by atoms with Gasteiger partial charge < -0.3 is 14.5 Å². The second-order valence-electron chi connectivity index (χ2n) is 11.1. The number of aromatic nitrogens is 5. The maximum absolute atomic E-state index is 13.8. The van der Waals surface area contributed by atoms with Crippen molar-refractivity contribution in [3.63, 3.8) is 0 Å². The van der Waals surface area contributed by atoms with Gasteiger partial charge in [-0.05, 0) is 90.7 Å². The van der Waals surface area contributed by atoms with Crippen molar-refractivity contribution in [1.82, 2.24) is 30.1 Å². The van der Waals surface area contributed by atoms with E-state index in [1.54, 1.807) is 0 Å². The number of pyridine rings is 1. The minimum absolute atomic E-state index is 0.0863. The van der Waals surface area contributed by atoms with Gasteiger partial charge in [0, 0.05) is 30.8 Å². The number of hydrogen-bond donors (Lipinski definition) is 1. The quantitative estimate of drug-likeness (QED) is 0.297. The average molecular weight is 543 g/mol. The largest absolute Gasteiger partial charge is 0.494 e. The SMILES string of the molecule is CCOc1ccc(CN(C[C@H]2CCCO2)[C@H](c2cc3ccc(C)cc3[nH]c2=O)c2nnnn2C2CCCC2)cc1. The van der Waals surface area contributed by atoms with Gasteiger partial charge in [-0.15, -0.1) is 5.10 Å². The molecule has 2 aliphatic rings. The smallest absolute Gasteiger partial charge is 0.253 e. The Morgan fingerprint density at radius 1 is 1.10 bits per heavy atom. The van der Waals surface area contributed by atoms with Crippen LogP contribution in [-0.4, -0.2) is 56.0 Å². The Balaban J connectivity index is 1.47. The maximum Gasteiger partial charge on any atom is 0.253 e. The van der Waals surface area contributed by atoms with Crippen LogP contribution in [0.5, 0.6) is 5.75 Å². The zero-order chi connectivity index (χ0) is 27.5. The number of H-pyrrole nitrogens is 1. The summed E-state index contributed by atoms with van der Waals surface area (Å²) >= 11 is 0. The zero-order valence-corrected chi connectivity index (χ0v) is 23.4. The first kappa shape index (κ1) is 26.7. The van der Waals surface area contributed by atoms with Gasteiger partial charge >= 0.3 is 0 Å².